The highest BCUT2D eigenvalue weighted by molar-refractivity contribution is 14.0. The number of para-hydroxylation sites is 1. The van der Waals surface area contributed by atoms with Crippen LogP contribution >= 0.6 is 24.0 Å². The first kappa shape index (κ1) is 23.9. The van der Waals surface area contributed by atoms with Gasteiger partial charge in [0.2, 0.25) is 5.91 Å². The van der Waals surface area contributed by atoms with E-state index in [1.165, 1.54) is 0 Å². The van der Waals surface area contributed by atoms with Gasteiger partial charge in [0.15, 0.2) is 5.96 Å². The molecule has 28 heavy (non-hydrogen) atoms. The summed E-state index contributed by atoms with van der Waals surface area (Å²) in [6, 6.07) is 9.96. The molecule has 9 heteroatoms. The van der Waals surface area contributed by atoms with E-state index in [0.717, 1.165) is 17.8 Å². The van der Waals surface area contributed by atoms with Crippen LogP contribution in [0.15, 0.2) is 47.7 Å². The lowest BCUT2D eigenvalue weighted by atomic mass is 10.3. The molecule has 0 bridgehead atoms. The lowest BCUT2D eigenvalue weighted by molar-refractivity contribution is -0.119. The molecule has 0 aliphatic rings. The lowest BCUT2D eigenvalue weighted by Crippen LogP contribution is -2.39. The Kier molecular flexibility index (Phi) is 11.2. The van der Waals surface area contributed by atoms with Gasteiger partial charge in [0, 0.05) is 45.6 Å². The number of halogens is 1. The largest absolute Gasteiger partial charge is 0.383 e. The van der Waals surface area contributed by atoms with E-state index in [1.54, 1.807) is 7.11 Å². The maximum absolute atomic E-state index is 11.8. The van der Waals surface area contributed by atoms with Gasteiger partial charge in [-0.2, -0.15) is 5.10 Å². The molecule has 0 spiro atoms. The highest BCUT2D eigenvalue weighted by Crippen LogP contribution is 2.09. The van der Waals surface area contributed by atoms with Crippen LogP contribution in [-0.2, 0) is 16.1 Å². The summed E-state index contributed by atoms with van der Waals surface area (Å²) >= 11 is 0. The molecule has 0 atom stereocenters. The van der Waals surface area contributed by atoms with Gasteiger partial charge >= 0.3 is 0 Å². The molecule has 154 valence electrons. The lowest BCUT2D eigenvalue weighted by Gasteiger charge is -2.21. The Morgan fingerprint density at radius 3 is 2.71 bits per heavy atom. The van der Waals surface area contributed by atoms with E-state index < -0.39 is 0 Å². The Labute approximate surface area is 183 Å². The molecular formula is C19H29IN6O2. The topological polar surface area (TPSA) is 83.8 Å². The molecule has 0 saturated carbocycles. The number of benzene rings is 1. The number of hydrogen-bond donors (Lipinski definition) is 2. The number of aliphatic imine (C=N–C) groups is 1. The van der Waals surface area contributed by atoms with Gasteiger partial charge in [-0.05, 0) is 19.1 Å². The summed E-state index contributed by atoms with van der Waals surface area (Å²) in [5, 5.41) is 10.4. The number of amides is 1. The molecule has 1 heterocycles. The van der Waals surface area contributed by atoms with Gasteiger partial charge < -0.3 is 20.3 Å². The molecule has 0 saturated heterocycles. The van der Waals surface area contributed by atoms with Crippen LogP contribution < -0.4 is 10.6 Å². The number of carbonyl (C=O) groups excluding carboxylic acids is 1. The van der Waals surface area contributed by atoms with Crippen molar-refractivity contribution >= 4 is 35.8 Å². The fraction of sp³-hybridized carbons (Fsp3) is 0.421. The molecule has 2 rings (SSSR count). The van der Waals surface area contributed by atoms with E-state index in [0.29, 0.717) is 25.7 Å². The van der Waals surface area contributed by atoms with E-state index in [4.69, 9.17) is 4.74 Å². The molecule has 0 radical (unpaired) electrons. The molecule has 2 N–H and O–H groups in total. The molecule has 0 aliphatic carbocycles. The zero-order valence-electron chi connectivity index (χ0n) is 16.6. The van der Waals surface area contributed by atoms with Crippen LogP contribution in [-0.4, -0.2) is 66.9 Å². The molecule has 0 aliphatic heterocycles. The zero-order valence-corrected chi connectivity index (χ0v) is 18.9. The monoisotopic (exact) mass is 500 g/mol. The average Bonchev–Trinajstić information content (AvgIpc) is 3.14. The van der Waals surface area contributed by atoms with Crippen molar-refractivity contribution in [3.05, 3.63) is 48.3 Å². The number of nitrogens with zero attached hydrogens (tertiary/aromatic N) is 4. The number of nitrogens with one attached hydrogen (secondary N) is 2. The highest BCUT2D eigenvalue weighted by atomic mass is 127. The molecule has 8 nitrogen and oxygen atoms in total. The zero-order chi connectivity index (χ0) is 19.5. The Balaban J connectivity index is 0.00000392. The molecular weight excluding hydrogens is 471 g/mol. The van der Waals surface area contributed by atoms with Crippen LogP contribution in [0.1, 0.15) is 12.5 Å². The second kappa shape index (κ2) is 13.1. The molecule has 0 fully saturated rings. The predicted molar refractivity (Wildman–Crippen MR) is 121 cm³/mol. The second-order valence-corrected chi connectivity index (χ2v) is 6.00. The third-order valence-corrected chi connectivity index (χ3v) is 3.77. The van der Waals surface area contributed by atoms with Crippen LogP contribution in [0.4, 0.5) is 0 Å². The minimum atomic E-state index is -0.132. The maximum atomic E-state index is 11.8. The number of hydrogen-bond acceptors (Lipinski definition) is 4. The normalized spacial score (nSPS) is 10.9. The molecule has 0 unspecified atom stereocenters. The van der Waals surface area contributed by atoms with E-state index in [9.17, 15) is 4.79 Å². The number of carbonyl (C=O) groups is 1. The SMILES string of the molecule is CCNC(=NCC(=O)NCCOC)N(C)Cc1cnn(-c2ccccc2)c1.I. The summed E-state index contributed by atoms with van der Waals surface area (Å²) in [5.74, 6) is 0.541. The van der Waals surface area contributed by atoms with Crippen LogP contribution in [0.25, 0.3) is 5.69 Å². The number of aromatic nitrogens is 2. The van der Waals surface area contributed by atoms with Crippen LogP contribution in [0.3, 0.4) is 0 Å². The highest BCUT2D eigenvalue weighted by Gasteiger charge is 2.10. The van der Waals surface area contributed by atoms with Crippen LogP contribution in [0, 0.1) is 0 Å². The summed E-state index contributed by atoms with van der Waals surface area (Å²) in [6.45, 7) is 4.38. The van der Waals surface area contributed by atoms with Crippen molar-refractivity contribution < 1.29 is 9.53 Å². The Morgan fingerprint density at radius 2 is 2.04 bits per heavy atom. The van der Waals surface area contributed by atoms with E-state index in [1.807, 2.05) is 66.3 Å². The number of ether oxygens (including phenoxy) is 1. The number of guanidine groups is 1. The summed E-state index contributed by atoms with van der Waals surface area (Å²) < 4.78 is 6.76. The number of methoxy groups -OCH3 is 1. The average molecular weight is 500 g/mol. The quantitative estimate of drug-likeness (QED) is 0.237. The minimum absolute atomic E-state index is 0. The number of rotatable bonds is 9. The predicted octanol–water partition coefficient (Wildman–Crippen LogP) is 1.65. The first-order chi connectivity index (χ1) is 13.1. The van der Waals surface area contributed by atoms with Crippen molar-refractivity contribution in [1.29, 1.82) is 0 Å². The third kappa shape index (κ3) is 7.85. The first-order valence-corrected chi connectivity index (χ1v) is 8.98. The molecule has 1 amide bonds. The Hall–Kier alpha value is -2.14. The van der Waals surface area contributed by atoms with Gasteiger partial charge in [0.25, 0.3) is 0 Å². The van der Waals surface area contributed by atoms with Crippen LogP contribution in [0.2, 0.25) is 0 Å². The summed E-state index contributed by atoms with van der Waals surface area (Å²) in [4.78, 5) is 18.2. The van der Waals surface area contributed by atoms with Crippen molar-refractivity contribution in [2.24, 2.45) is 4.99 Å². The van der Waals surface area contributed by atoms with Crippen molar-refractivity contribution in [2.75, 3.05) is 40.4 Å². The van der Waals surface area contributed by atoms with E-state index >= 15 is 0 Å². The Morgan fingerprint density at radius 1 is 1.29 bits per heavy atom. The van der Waals surface area contributed by atoms with E-state index in [2.05, 4.69) is 20.7 Å². The van der Waals surface area contributed by atoms with Gasteiger partial charge in [-0.15, -0.1) is 24.0 Å². The van der Waals surface area contributed by atoms with E-state index in [-0.39, 0.29) is 36.4 Å². The van der Waals surface area contributed by atoms with Crippen molar-refractivity contribution in [3.63, 3.8) is 0 Å². The standard InChI is InChI=1S/C19H28N6O2.HI/c1-4-20-19(22-13-18(26)21-10-11-27-3)24(2)14-16-12-23-25(15-16)17-8-6-5-7-9-17;/h5-9,12,15H,4,10-11,13-14H2,1-3H3,(H,20,22)(H,21,26);1H. The summed E-state index contributed by atoms with van der Waals surface area (Å²) in [6.07, 6.45) is 3.83. The van der Waals surface area contributed by atoms with Gasteiger partial charge in [-0.1, -0.05) is 18.2 Å². The summed E-state index contributed by atoms with van der Waals surface area (Å²) in [7, 11) is 3.53. The molecule has 2 aromatic rings. The van der Waals surface area contributed by atoms with Crippen LogP contribution in [0.5, 0.6) is 0 Å². The van der Waals surface area contributed by atoms with Crippen molar-refractivity contribution in [1.82, 2.24) is 25.3 Å². The maximum Gasteiger partial charge on any atom is 0.241 e. The van der Waals surface area contributed by atoms with Gasteiger partial charge in [-0.25, -0.2) is 9.67 Å². The first-order valence-electron chi connectivity index (χ1n) is 8.98. The fourth-order valence-corrected chi connectivity index (χ4v) is 2.48. The minimum Gasteiger partial charge on any atom is -0.383 e. The molecule has 1 aromatic carbocycles. The summed E-state index contributed by atoms with van der Waals surface area (Å²) in [5.41, 5.74) is 2.07. The third-order valence-electron chi connectivity index (χ3n) is 3.77. The second-order valence-electron chi connectivity index (χ2n) is 6.00. The molecule has 1 aromatic heterocycles. The van der Waals surface area contributed by atoms with Gasteiger partial charge in [-0.3, -0.25) is 4.79 Å². The van der Waals surface area contributed by atoms with Crippen molar-refractivity contribution in [3.8, 4) is 5.69 Å². The van der Waals surface area contributed by atoms with Gasteiger partial charge in [0.1, 0.15) is 6.54 Å². The fourth-order valence-electron chi connectivity index (χ4n) is 2.48. The Bertz CT molecular complexity index is 735. The van der Waals surface area contributed by atoms with Gasteiger partial charge in [0.05, 0.1) is 18.5 Å². The van der Waals surface area contributed by atoms with Crippen molar-refractivity contribution in [2.45, 2.75) is 13.5 Å². The smallest absolute Gasteiger partial charge is 0.241 e.